The fourth-order valence-corrected chi connectivity index (χ4v) is 9.80. The zero-order chi connectivity index (χ0) is 36.3. The van der Waals surface area contributed by atoms with Gasteiger partial charge in [0.2, 0.25) is 0 Å². The largest absolute Gasteiger partial charge is 2.00 e. The van der Waals surface area contributed by atoms with Crippen LogP contribution in [0, 0.1) is 44.7 Å². The summed E-state index contributed by atoms with van der Waals surface area (Å²) < 4.78 is 11.1. The summed E-state index contributed by atoms with van der Waals surface area (Å²) in [5.41, 5.74) is 13.0. The first-order chi connectivity index (χ1) is 25.7. The number of benzene rings is 4. The second-order valence-electron chi connectivity index (χ2n) is 15.4. The molecule has 0 saturated carbocycles. The second kappa shape index (κ2) is 12.4. The standard InChI is InChI=1S/C47H39N5O.Pt/c1-26(2)47(27(3)4)37-12-8-11-35-33-17-15-32(24-41(33)52(44(35)37)46-38(47)13-9-20-49-46)53-31-16-18-34-36(23-31)45-50-39(42-29(6)21-28(5)22-30(42)7)25-51(45)40-14-10-19-48-43(34)40;/h8-22,25-27H,1-7H3;/q-2;+2. The maximum absolute atomic E-state index is 6.65. The Morgan fingerprint density at radius 1 is 0.722 bits per heavy atom. The van der Waals surface area contributed by atoms with E-state index < -0.39 is 0 Å². The second-order valence-corrected chi connectivity index (χ2v) is 15.4. The van der Waals surface area contributed by atoms with Gasteiger partial charge in [0.25, 0.3) is 0 Å². The molecule has 0 saturated heterocycles. The van der Waals surface area contributed by atoms with E-state index in [-0.39, 0.29) is 26.5 Å². The summed E-state index contributed by atoms with van der Waals surface area (Å²) in [5, 5.41) is 4.16. The number of aromatic nitrogens is 5. The van der Waals surface area contributed by atoms with Gasteiger partial charge in [0.15, 0.2) is 0 Å². The third-order valence-corrected chi connectivity index (χ3v) is 11.7. The number of nitrogens with zero attached hydrogens (tertiary/aromatic N) is 5. The summed E-state index contributed by atoms with van der Waals surface area (Å²) in [5.74, 6) is 2.90. The van der Waals surface area contributed by atoms with E-state index in [1.54, 1.807) is 0 Å². The summed E-state index contributed by atoms with van der Waals surface area (Å²) in [6.45, 7) is 15.8. The molecule has 5 aromatic heterocycles. The Hall–Kier alpha value is -5.32. The molecule has 0 bridgehead atoms. The van der Waals surface area contributed by atoms with Crippen LogP contribution in [0.3, 0.4) is 0 Å². The normalized spacial score (nSPS) is 13.4. The van der Waals surface area contributed by atoms with E-state index in [2.05, 4.69) is 136 Å². The van der Waals surface area contributed by atoms with Gasteiger partial charge in [-0.3, -0.25) is 9.97 Å². The van der Waals surface area contributed by atoms with Crippen molar-refractivity contribution in [2.45, 2.75) is 53.9 Å². The summed E-state index contributed by atoms with van der Waals surface area (Å²) in [4.78, 5) is 15.1. The predicted octanol–water partition coefficient (Wildman–Crippen LogP) is 11.4. The molecule has 0 radical (unpaired) electrons. The van der Waals surface area contributed by atoms with Gasteiger partial charge in [-0.15, -0.1) is 23.6 Å². The number of para-hydroxylation sites is 1. The van der Waals surface area contributed by atoms with E-state index in [1.807, 2.05) is 30.6 Å². The van der Waals surface area contributed by atoms with Gasteiger partial charge in [0.1, 0.15) is 5.82 Å². The summed E-state index contributed by atoms with van der Waals surface area (Å²) in [6.07, 6.45) is 5.87. The van der Waals surface area contributed by atoms with Gasteiger partial charge < -0.3 is 13.7 Å². The van der Waals surface area contributed by atoms with E-state index in [4.69, 9.17) is 19.7 Å². The number of ether oxygens (including phenoxy) is 1. The minimum atomic E-state index is -0.180. The van der Waals surface area contributed by atoms with Gasteiger partial charge in [0, 0.05) is 52.1 Å². The van der Waals surface area contributed by atoms with E-state index in [0.717, 1.165) is 55.4 Å². The van der Waals surface area contributed by atoms with Crippen LogP contribution < -0.4 is 4.74 Å². The van der Waals surface area contributed by atoms with Gasteiger partial charge in [0.05, 0.1) is 22.4 Å². The minimum absolute atomic E-state index is 0. The van der Waals surface area contributed by atoms with Crippen LogP contribution in [0.5, 0.6) is 11.5 Å². The van der Waals surface area contributed by atoms with Crippen molar-refractivity contribution >= 4 is 49.3 Å². The molecule has 4 aromatic carbocycles. The number of pyridine rings is 3. The first-order valence-electron chi connectivity index (χ1n) is 18.5. The molecule has 0 unspecified atom stereocenters. The zero-order valence-corrected chi connectivity index (χ0v) is 33.6. The average Bonchev–Trinajstić information content (AvgIpc) is 3.72. The van der Waals surface area contributed by atoms with Gasteiger partial charge in [-0.2, -0.15) is 6.07 Å². The molecule has 0 spiro atoms. The van der Waals surface area contributed by atoms with Crippen molar-refractivity contribution in [1.82, 2.24) is 23.9 Å². The van der Waals surface area contributed by atoms with Crippen LogP contribution in [0.15, 0.2) is 97.5 Å². The number of hydrogen-bond acceptors (Lipinski definition) is 4. The van der Waals surface area contributed by atoms with Crippen LogP contribution in [0.1, 0.15) is 55.5 Å². The van der Waals surface area contributed by atoms with E-state index >= 15 is 0 Å². The summed E-state index contributed by atoms with van der Waals surface area (Å²) in [6, 6.07) is 35.1. The number of aryl methyl sites for hydroxylation is 3. The molecular formula is C47H39N5OPt. The summed E-state index contributed by atoms with van der Waals surface area (Å²) >= 11 is 0. The Morgan fingerprint density at radius 3 is 2.17 bits per heavy atom. The van der Waals surface area contributed by atoms with E-state index in [1.165, 1.54) is 38.7 Å². The maximum Gasteiger partial charge on any atom is 2.00 e. The van der Waals surface area contributed by atoms with Gasteiger partial charge in [-0.1, -0.05) is 98.1 Å². The Labute approximate surface area is 329 Å². The molecule has 6 heterocycles. The molecule has 6 nitrogen and oxygen atoms in total. The third kappa shape index (κ3) is 4.65. The monoisotopic (exact) mass is 884 g/mol. The molecule has 1 aliphatic rings. The Bertz CT molecular complexity index is 2960. The van der Waals surface area contributed by atoms with Crippen LogP contribution >= 0.6 is 0 Å². The topological polar surface area (TPSA) is 57.2 Å². The molecule has 7 heteroatoms. The van der Waals surface area contributed by atoms with Crippen molar-refractivity contribution in [1.29, 1.82) is 0 Å². The van der Waals surface area contributed by atoms with Crippen LogP contribution in [-0.4, -0.2) is 23.9 Å². The zero-order valence-electron chi connectivity index (χ0n) is 31.4. The van der Waals surface area contributed by atoms with Crippen LogP contribution in [0.4, 0.5) is 0 Å². The maximum atomic E-state index is 6.65. The molecule has 10 rings (SSSR count). The summed E-state index contributed by atoms with van der Waals surface area (Å²) in [7, 11) is 0. The molecule has 1 aliphatic heterocycles. The molecule has 0 fully saturated rings. The number of fused-ring (bicyclic) bond motifs is 11. The first kappa shape index (κ1) is 34.4. The van der Waals surface area contributed by atoms with Crippen molar-refractivity contribution in [2.24, 2.45) is 11.8 Å². The van der Waals surface area contributed by atoms with Crippen LogP contribution in [0.25, 0.3) is 66.3 Å². The van der Waals surface area contributed by atoms with Gasteiger partial charge >= 0.3 is 21.1 Å². The molecule has 268 valence electrons. The van der Waals surface area contributed by atoms with Crippen molar-refractivity contribution in [3.8, 4) is 28.6 Å². The smallest absolute Gasteiger partial charge is 0.503 e. The van der Waals surface area contributed by atoms with Crippen molar-refractivity contribution in [3.63, 3.8) is 0 Å². The van der Waals surface area contributed by atoms with Crippen LogP contribution in [-0.2, 0) is 26.5 Å². The molecule has 0 atom stereocenters. The van der Waals surface area contributed by atoms with Crippen LogP contribution in [0.2, 0.25) is 0 Å². The van der Waals surface area contributed by atoms with Crippen molar-refractivity contribution < 1.29 is 25.8 Å². The van der Waals surface area contributed by atoms with Crippen molar-refractivity contribution in [2.75, 3.05) is 0 Å². The van der Waals surface area contributed by atoms with E-state index in [9.17, 15) is 0 Å². The van der Waals surface area contributed by atoms with Crippen molar-refractivity contribution in [3.05, 3.63) is 137 Å². The number of imidazole rings is 1. The third-order valence-electron chi connectivity index (χ3n) is 11.7. The SMILES string of the molecule is Cc1cc(C)c(-c2cn3c4cccnc4c4ccc(Oc5[c-]c6c(cc5)c5cccc7c5n6-c5ncccc5C7(C(C)C)C(C)C)[c-]c4c3n2)c(C)c1.[Pt+2]. The number of hydrogen-bond donors (Lipinski definition) is 0. The molecule has 0 aliphatic carbocycles. The van der Waals surface area contributed by atoms with Gasteiger partial charge in [-0.25, -0.2) is 4.98 Å². The Kier molecular flexibility index (Phi) is 7.88. The van der Waals surface area contributed by atoms with Gasteiger partial charge in [-0.05, 0) is 72.9 Å². The quantitative estimate of drug-likeness (QED) is 0.128. The molecule has 0 amide bonds. The Morgan fingerprint density at radius 2 is 1.41 bits per heavy atom. The Balaban J connectivity index is 0.00000384. The molecule has 0 N–H and O–H groups in total. The predicted molar refractivity (Wildman–Crippen MR) is 214 cm³/mol. The average molecular weight is 885 g/mol. The fourth-order valence-electron chi connectivity index (χ4n) is 9.80. The van der Waals surface area contributed by atoms with E-state index in [0.29, 0.717) is 23.3 Å². The molecular weight excluding hydrogens is 846 g/mol. The minimum Gasteiger partial charge on any atom is -0.503 e. The number of rotatable bonds is 5. The molecule has 54 heavy (non-hydrogen) atoms. The first-order valence-corrected chi connectivity index (χ1v) is 18.5. The molecule has 9 aromatic rings. The fraction of sp³-hybridized carbons (Fsp3) is 0.213.